The van der Waals surface area contributed by atoms with Gasteiger partial charge in [0.2, 0.25) is 70.9 Å². The number of benzene rings is 4. The first kappa shape index (κ1) is 95.5. The summed E-state index contributed by atoms with van der Waals surface area (Å²) in [4.78, 5) is 246. The summed E-state index contributed by atoms with van der Waals surface area (Å²) < 4.78 is 0. The van der Waals surface area contributed by atoms with Crippen molar-refractivity contribution in [2.75, 3.05) is 19.6 Å². The highest BCUT2D eigenvalue weighted by Gasteiger charge is 2.36. The molecule has 4 aromatic carbocycles. The predicted octanol–water partition coefficient (Wildman–Crippen LogP) is -0.699. The largest absolute Gasteiger partial charge is 0.481 e. The van der Waals surface area contributed by atoms with Gasteiger partial charge in [-0.05, 0) is 125 Å². The van der Waals surface area contributed by atoms with E-state index in [1.807, 2.05) is 42.5 Å². The number of urea groups is 1. The van der Waals surface area contributed by atoms with Crippen molar-refractivity contribution in [2.45, 2.75) is 210 Å². The molecule has 20 N–H and O–H groups in total. The van der Waals surface area contributed by atoms with E-state index in [-0.39, 0.29) is 57.5 Å². The van der Waals surface area contributed by atoms with Crippen molar-refractivity contribution in [1.29, 1.82) is 0 Å². The molecule has 39 heteroatoms. The van der Waals surface area contributed by atoms with E-state index in [0.29, 0.717) is 36.8 Å². The topological polar surface area (TPSA) is 614 Å². The van der Waals surface area contributed by atoms with E-state index in [0.717, 1.165) is 16.3 Å². The molecule has 11 atom stereocenters. The third-order valence-electron chi connectivity index (χ3n) is 19.2. The Labute approximate surface area is 678 Å². The highest BCUT2D eigenvalue weighted by atomic mass is 16.4. The summed E-state index contributed by atoms with van der Waals surface area (Å²) in [7, 11) is 0. The van der Waals surface area contributed by atoms with E-state index in [4.69, 9.17) is 5.11 Å². The van der Waals surface area contributed by atoms with Crippen LogP contribution in [0.1, 0.15) is 141 Å². The zero-order chi connectivity index (χ0) is 87.1. The first-order valence-corrected chi connectivity index (χ1v) is 38.4. The lowest BCUT2D eigenvalue weighted by Gasteiger charge is -2.29. The van der Waals surface area contributed by atoms with Crippen LogP contribution in [-0.2, 0) is 106 Å². The van der Waals surface area contributed by atoms with E-state index < -0.39 is 243 Å². The van der Waals surface area contributed by atoms with Gasteiger partial charge in [-0.3, -0.25) is 76.7 Å². The predicted molar refractivity (Wildman–Crippen MR) is 418 cm³/mol. The van der Waals surface area contributed by atoms with Gasteiger partial charge in [0.05, 0.1) is 6.54 Å². The van der Waals surface area contributed by atoms with Gasteiger partial charge in [-0.1, -0.05) is 103 Å². The van der Waals surface area contributed by atoms with Gasteiger partial charge in [-0.15, -0.1) is 0 Å². The molecule has 0 aliphatic heterocycles. The summed E-state index contributed by atoms with van der Waals surface area (Å²) in [6.07, 6.45) is -3.81. The van der Waals surface area contributed by atoms with Crippen LogP contribution < -0.4 is 74.4 Å². The number of hydrogen-bond donors (Lipinski definition) is 20. The Morgan fingerprint density at radius 2 is 0.729 bits per heavy atom. The van der Waals surface area contributed by atoms with Gasteiger partial charge >= 0.3 is 41.8 Å². The van der Waals surface area contributed by atoms with Crippen molar-refractivity contribution < 1.29 is 122 Å². The summed E-state index contributed by atoms with van der Waals surface area (Å²) in [5.41, 5.74) is 1.81. The second-order valence-corrected chi connectivity index (χ2v) is 28.7. The van der Waals surface area contributed by atoms with Gasteiger partial charge in [-0.2, -0.15) is 0 Å². The molecule has 39 nitrogen and oxygen atoms in total. The fourth-order valence-corrected chi connectivity index (χ4v) is 12.6. The monoisotopic (exact) mass is 1650 g/mol. The van der Waals surface area contributed by atoms with Gasteiger partial charge in [-0.25, -0.2) is 14.4 Å². The minimum Gasteiger partial charge on any atom is -0.481 e. The van der Waals surface area contributed by atoms with Gasteiger partial charge < -0.3 is 105 Å². The molecule has 1 fully saturated rings. The van der Waals surface area contributed by atoms with Crippen LogP contribution in [0.3, 0.4) is 0 Å². The molecule has 0 unspecified atom stereocenters. The Morgan fingerprint density at radius 3 is 1.22 bits per heavy atom. The van der Waals surface area contributed by atoms with Crippen molar-refractivity contribution >= 4 is 124 Å². The maximum atomic E-state index is 14.3. The Hall–Kier alpha value is -13.1. The van der Waals surface area contributed by atoms with Crippen molar-refractivity contribution in [3.8, 4) is 0 Å². The normalized spacial score (nSPS) is 15.7. The van der Waals surface area contributed by atoms with Crippen molar-refractivity contribution in [2.24, 2.45) is 11.8 Å². The number of carboxylic acid groups (broad SMARTS) is 6. The lowest BCUT2D eigenvalue weighted by Crippen LogP contribution is -2.60. The summed E-state index contributed by atoms with van der Waals surface area (Å²) in [5, 5.41) is 93.2. The third kappa shape index (κ3) is 34.9. The number of aliphatic carboxylic acids is 6. The standard InChI is InChI=1S/C79H104N14O25/c1-43(83-46(4)94)67(104)84-44(2)69(106)89-61(39-48-17-9-6-10-18-48)76(113)91-60(38-47-15-7-5-8-16-47)75(112)85-45(3)68(105)86-55(29-33-64(98)99)73(110)88-56(30-34-65(100)101)74(111)87-54(28-32-63(96)97)71(108)82-42-62(95)81-41-49-22-26-52(27-23-49)70(107)90-59(40-50-24-25-51-19-11-12-20-53(51)37-50)72(109)80-36-14-13-21-57(77(114)115)92-79(118)93-58(78(116)117)31-35-66(102)103/h5-12,15-20,24-25,37,43-45,49,52,54-61H,13-14,21-23,26-36,38-42H2,1-4H3,(H,80,109)(H,81,95)(H,82,108)(H,83,94)(H,84,104)(H,85,112)(H,86,105)(H,87,111)(H,88,110)(H,89,106)(H,90,107)(H,91,113)(H,96,97)(H,98,99)(H,100,101)(H,102,103)(H,114,115)(H,116,117)(H2,92,93,118)/t43-,44-,45-,49?,52?,54-,55-,56-,57-,58-,59-,60-,61-/m0/s1. The van der Waals surface area contributed by atoms with E-state index in [1.54, 1.807) is 60.7 Å². The van der Waals surface area contributed by atoms with Crippen LogP contribution in [0.2, 0.25) is 0 Å². The molecule has 4 aromatic rings. The van der Waals surface area contributed by atoms with Crippen molar-refractivity contribution in [1.82, 2.24) is 74.4 Å². The van der Waals surface area contributed by atoms with Gasteiger partial charge in [0, 0.05) is 70.9 Å². The maximum Gasteiger partial charge on any atom is 0.326 e. The fraction of sp³-hybridized carbons (Fsp3) is 0.481. The molecule has 1 aliphatic rings. The maximum absolute atomic E-state index is 14.3. The number of carbonyl (C=O) groups is 19. The molecule has 14 amide bonds. The molecule has 1 saturated carbocycles. The number of carbonyl (C=O) groups excluding carboxylic acids is 13. The molecule has 0 bridgehead atoms. The first-order valence-electron chi connectivity index (χ1n) is 38.4. The molecule has 0 radical (unpaired) electrons. The molecule has 0 saturated heterocycles. The van der Waals surface area contributed by atoms with Crippen LogP contribution >= 0.6 is 0 Å². The molecule has 1 aliphatic carbocycles. The third-order valence-corrected chi connectivity index (χ3v) is 19.2. The summed E-state index contributed by atoms with van der Waals surface area (Å²) >= 11 is 0. The molecule has 0 spiro atoms. The van der Waals surface area contributed by atoms with E-state index in [2.05, 4.69) is 74.4 Å². The van der Waals surface area contributed by atoms with Gasteiger partial charge in [0.1, 0.15) is 66.5 Å². The molecule has 5 rings (SSSR count). The SMILES string of the molecule is CC(=O)N[C@@H](C)C(=O)N[C@@H](C)C(=O)N[C@@H](Cc1ccccc1)C(=O)N[C@@H](Cc1ccccc1)C(=O)N[C@@H](C)C(=O)N[C@@H](CCC(=O)O)C(=O)N[C@@H](CCC(=O)O)C(=O)N[C@@H](CCC(=O)O)C(=O)NCC(=O)NCC1CCC(C(=O)N[C@@H](Cc2ccc3ccccc3c2)C(=O)NCCCC[C@H](NC(=O)N[C@@H](CCC(=O)O)C(=O)O)C(=O)O)CC1. The minimum atomic E-state index is -1.87. The van der Waals surface area contributed by atoms with Gasteiger partial charge in [0.25, 0.3) is 0 Å². The number of carboxylic acids is 6. The molecular formula is C79H104N14O25. The van der Waals surface area contributed by atoms with Crippen molar-refractivity contribution in [3.63, 3.8) is 0 Å². The van der Waals surface area contributed by atoms with Gasteiger partial charge in [0.15, 0.2) is 0 Å². The smallest absolute Gasteiger partial charge is 0.326 e. The van der Waals surface area contributed by atoms with Crippen LogP contribution in [0.4, 0.5) is 4.79 Å². The molecule has 0 aromatic heterocycles. The van der Waals surface area contributed by atoms with E-state index in [9.17, 15) is 117 Å². The Balaban J connectivity index is 1.18. The van der Waals surface area contributed by atoms with Crippen LogP contribution in [0.5, 0.6) is 0 Å². The zero-order valence-corrected chi connectivity index (χ0v) is 65.6. The lowest BCUT2D eigenvalue weighted by atomic mass is 9.81. The summed E-state index contributed by atoms with van der Waals surface area (Å²) in [5.74, 6) is -19.6. The number of unbranched alkanes of at least 4 members (excludes halogenated alkanes) is 1. The van der Waals surface area contributed by atoms with E-state index in [1.165, 1.54) is 27.7 Å². The Morgan fingerprint density at radius 1 is 0.347 bits per heavy atom. The van der Waals surface area contributed by atoms with E-state index >= 15 is 0 Å². The highest BCUT2D eigenvalue weighted by Crippen LogP contribution is 2.29. The summed E-state index contributed by atoms with van der Waals surface area (Å²) in [6.45, 7) is 4.50. The average Bonchev–Trinajstić information content (AvgIpc) is 0.837. The van der Waals surface area contributed by atoms with Crippen LogP contribution in [0.25, 0.3) is 10.8 Å². The van der Waals surface area contributed by atoms with Crippen molar-refractivity contribution in [3.05, 3.63) is 120 Å². The average molecular weight is 1650 g/mol. The number of fused-ring (bicyclic) bond motifs is 1. The molecule has 118 heavy (non-hydrogen) atoms. The zero-order valence-electron chi connectivity index (χ0n) is 65.6. The first-order chi connectivity index (χ1) is 55.9. The number of amides is 14. The van der Waals surface area contributed by atoms with Crippen LogP contribution in [-0.4, -0.2) is 229 Å². The second-order valence-electron chi connectivity index (χ2n) is 28.7. The molecule has 0 heterocycles. The molecule has 640 valence electrons. The molecular weight excluding hydrogens is 1540 g/mol. The highest BCUT2D eigenvalue weighted by molar-refractivity contribution is 5.99. The second kappa shape index (κ2) is 48.9. The van der Waals surface area contributed by atoms with Crippen LogP contribution in [0, 0.1) is 11.8 Å². The minimum absolute atomic E-state index is 0.0227. The Bertz CT molecular complexity index is 4220. The Kier molecular flexibility index (Phi) is 39.6. The number of rotatable bonds is 50. The number of nitrogens with one attached hydrogen (secondary N) is 14. The fourth-order valence-electron chi connectivity index (χ4n) is 12.6. The van der Waals surface area contributed by atoms with Crippen LogP contribution in [0.15, 0.2) is 103 Å². The lowest BCUT2D eigenvalue weighted by molar-refractivity contribution is -0.141. The summed E-state index contributed by atoms with van der Waals surface area (Å²) in [6, 6.07) is 12.3. The number of hydrogen-bond acceptors (Lipinski definition) is 19. The quantitative estimate of drug-likeness (QED) is 0.0243.